The quantitative estimate of drug-likeness (QED) is 0.920. The van der Waals surface area contributed by atoms with Gasteiger partial charge in [0.05, 0.1) is 21.3 Å². The number of benzene rings is 2. The number of halogens is 1. The lowest BCUT2D eigenvalue weighted by atomic mass is 9.99. The lowest BCUT2D eigenvalue weighted by Crippen LogP contribution is -2.05. The average Bonchev–Trinajstić information content (AvgIpc) is 2.53. The zero-order valence-corrected chi connectivity index (χ0v) is 12.1. The molecule has 5 heteroatoms. The summed E-state index contributed by atoms with van der Waals surface area (Å²) in [6.07, 6.45) is -1.17. The van der Waals surface area contributed by atoms with Crippen molar-refractivity contribution in [2.24, 2.45) is 0 Å². The van der Waals surface area contributed by atoms with Crippen LogP contribution in [0, 0.1) is 5.82 Å². The van der Waals surface area contributed by atoms with Crippen molar-refractivity contribution in [1.29, 1.82) is 0 Å². The van der Waals surface area contributed by atoms with Crippen LogP contribution < -0.4 is 14.2 Å². The van der Waals surface area contributed by atoms with Gasteiger partial charge in [0.2, 0.25) is 0 Å². The van der Waals surface area contributed by atoms with E-state index in [2.05, 4.69) is 0 Å². The normalized spacial score (nSPS) is 11.9. The van der Waals surface area contributed by atoms with Crippen LogP contribution in [0.3, 0.4) is 0 Å². The fraction of sp³-hybridized carbons (Fsp3) is 0.250. The Labute approximate surface area is 122 Å². The molecule has 0 saturated carbocycles. The Hall–Kier alpha value is -2.27. The van der Waals surface area contributed by atoms with Crippen molar-refractivity contribution < 1.29 is 23.7 Å². The number of aliphatic hydroxyl groups excluding tert-OH is 1. The second kappa shape index (κ2) is 6.45. The first-order chi connectivity index (χ1) is 10.1. The molecule has 2 aromatic carbocycles. The van der Waals surface area contributed by atoms with Gasteiger partial charge >= 0.3 is 0 Å². The molecule has 0 spiro atoms. The Morgan fingerprint density at radius 3 is 2.05 bits per heavy atom. The SMILES string of the molecule is COc1ccc(C(O)c2cc(OC)ccc2OC)c(F)c1. The van der Waals surface area contributed by atoms with E-state index in [9.17, 15) is 9.50 Å². The van der Waals surface area contributed by atoms with E-state index in [4.69, 9.17) is 14.2 Å². The largest absolute Gasteiger partial charge is 0.497 e. The van der Waals surface area contributed by atoms with E-state index in [1.165, 1.54) is 33.5 Å². The lowest BCUT2D eigenvalue weighted by molar-refractivity contribution is 0.209. The highest BCUT2D eigenvalue weighted by Gasteiger charge is 2.20. The molecule has 2 aromatic rings. The Morgan fingerprint density at radius 2 is 1.48 bits per heavy atom. The topological polar surface area (TPSA) is 47.9 Å². The van der Waals surface area contributed by atoms with Gasteiger partial charge in [-0.15, -0.1) is 0 Å². The van der Waals surface area contributed by atoms with Crippen LogP contribution in [0.1, 0.15) is 17.2 Å². The summed E-state index contributed by atoms with van der Waals surface area (Å²) in [7, 11) is 4.46. The van der Waals surface area contributed by atoms with E-state index in [1.807, 2.05) is 0 Å². The van der Waals surface area contributed by atoms with Gasteiger partial charge in [-0.25, -0.2) is 4.39 Å². The molecule has 1 atom stereocenters. The molecule has 0 heterocycles. The van der Waals surface area contributed by atoms with Gasteiger partial charge in [0.1, 0.15) is 29.2 Å². The van der Waals surface area contributed by atoms with Crippen LogP contribution in [0.4, 0.5) is 4.39 Å². The van der Waals surface area contributed by atoms with Crippen LogP contribution in [0.2, 0.25) is 0 Å². The Balaban J connectivity index is 2.45. The molecule has 112 valence electrons. The minimum Gasteiger partial charge on any atom is -0.497 e. The van der Waals surface area contributed by atoms with Crippen molar-refractivity contribution in [1.82, 2.24) is 0 Å². The molecular weight excluding hydrogens is 275 g/mol. The van der Waals surface area contributed by atoms with Gasteiger partial charge in [0.15, 0.2) is 0 Å². The third kappa shape index (κ3) is 3.08. The fourth-order valence-electron chi connectivity index (χ4n) is 2.08. The molecular formula is C16H17FO4. The zero-order valence-electron chi connectivity index (χ0n) is 12.1. The highest BCUT2D eigenvalue weighted by molar-refractivity contribution is 5.46. The summed E-state index contributed by atoms with van der Waals surface area (Å²) in [6.45, 7) is 0. The van der Waals surface area contributed by atoms with Gasteiger partial charge in [0.25, 0.3) is 0 Å². The molecule has 0 fully saturated rings. The number of methoxy groups -OCH3 is 3. The van der Waals surface area contributed by atoms with Gasteiger partial charge in [-0.3, -0.25) is 0 Å². The van der Waals surface area contributed by atoms with E-state index in [0.717, 1.165) is 0 Å². The summed E-state index contributed by atoms with van der Waals surface area (Å²) in [5, 5.41) is 10.5. The lowest BCUT2D eigenvalue weighted by Gasteiger charge is -2.17. The molecule has 21 heavy (non-hydrogen) atoms. The number of hydrogen-bond acceptors (Lipinski definition) is 4. The van der Waals surface area contributed by atoms with Crippen LogP contribution in [-0.2, 0) is 0 Å². The maximum Gasteiger partial charge on any atom is 0.133 e. The zero-order chi connectivity index (χ0) is 15.4. The average molecular weight is 292 g/mol. The number of aliphatic hydroxyl groups is 1. The first-order valence-corrected chi connectivity index (χ1v) is 6.34. The van der Waals surface area contributed by atoms with E-state index in [-0.39, 0.29) is 5.56 Å². The number of hydrogen-bond donors (Lipinski definition) is 1. The monoisotopic (exact) mass is 292 g/mol. The molecule has 0 radical (unpaired) electrons. The minimum absolute atomic E-state index is 0.141. The molecule has 0 saturated heterocycles. The van der Waals surface area contributed by atoms with Crippen LogP contribution in [-0.4, -0.2) is 26.4 Å². The van der Waals surface area contributed by atoms with Crippen molar-refractivity contribution in [3.05, 3.63) is 53.3 Å². The van der Waals surface area contributed by atoms with E-state index < -0.39 is 11.9 Å². The van der Waals surface area contributed by atoms with Gasteiger partial charge in [-0.1, -0.05) is 0 Å². The Bertz CT molecular complexity index is 628. The second-order valence-corrected chi connectivity index (χ2v) is 4.40. The molecule has 0 aliphatic carbocycles. The molecule has 1 unspecified atom stereocenters. The van der Waals surface area contributed by atoms with Crippen LogP contribution in [0.25, 0.3) is 0 Å². The van der Waals surface area contributed by atoms with E-state index in [0.29, 0.717) is 22.8 Å². The van der Waals surface area contributed by atoms with Crippen LogP contribution >= 0.6 is 0 Å². The maximum absolute atomic E-state index is 14.1. The summed E-state index contributed by atoms with van der Waals surface area (Å²) in [5.41, 5.74) is 0.572. The van der Waals surface area contributed by atoms with Crippen molar-refractivity contribution >= 4 is 0 Å². The van der Waals surface area contributed by atoms with Crippen molar-refractivity contribution in [2.45, 2.75) is 6.10 Å². The maximum atomic E-state index is 14.1. The van der Waals surface area contributed by atoms with Crippen LogP contribution in [0.15, 0.2) is 36.4 Å². The van der Waals surface area contributed by atoms with Crippen molar-refractivity contribution in [3.8, 4) is 17.2 Å². The van der Waals surface area contributed by atoms with Gasteiger partial charge in [0, 0.05) is 17.2 Å². The highest BCUT2D eigenvalue weighted by atomic mass is 19.1. The molecule has 0 aliphatic heterocycles. The first-order valence-electron chi connectivity index (χ1n) is 6.34. The third-order valence-electron chi connectivity index (χ3n) is 3.23. The molecule has 2 rings (SSSR count). The second-order valence-electron chi connectivity index (χ2n) is 4.40. The highest BCUT2D eigenvalue weighted by Crippen LogP contribution is 2.34. The summed E-state index contributed by atoms with van der Waals surface area (Å²) in [4.78, 5) is 0. The standard InChI is InChI=1S/C16H17FO4/c1-19-10-5-7-15(21-3)13(8-10)16(18)12-6-4-11(20-2)9-14(12)17/h4-9,16,18H,1-3H3. The minimum atomic E-state index is -1.17. The molecule has 0 amide bonds. The molecule has 0 bridgehead atoms. The van der Waals surface area contributed by atoms with Crippen molar-refractivity contribution in [3.63, 3.8) is 0 Å². The summed E-state index contributed by atoms with van der Waals surface area (Å²) in [6, 6.07) is 9.29. The third-order valence-corrected chi connectivity index (χ3v) is 3.23. The van der Waals surface area contributed by atoms with E-state index >= 15 is 0 Å². The number of rotatable bonds is 5. The van der Waals surface area contributed by atoms with Gasteiger partial charge in [-0.05, 0) is 30.3 Å². The Kier molecular flexibility index (Phi) is 4.65. The smallest absolute Gasteiger partial charge is 0.133 e. The first kappa shape index (κ1) is 15.1. The Morgan fingerprint density at radius 1 is 0.857 bits per heavy atom. The molecule has 0 aliphatic rings. The molecule has 4 nitrogen and oxygen atoms in total. The van der Waals surface area contributed by atoms with Gasteiger partial charge < -0.3 is 19.3 Å². The summed E-state index contributed by atoms with van der Waals surface area (Å²) < 4.78 is 29.4. The summed E-state index contributed by atoms with van der Waals surface area (Å²) >= 11 is 0. The van der Waals surface area contributed by atoms with Crippen LogP contribution in [0.5, 0.6) is 17.2 Å². The van der Waals surface area contributed by atoms with Crippen molar-refractivity contribution in [2.75, 3.05) is 21.3 Å². The van der Waals surface area contributed by atoms with E-state index in [1.54, 1.807) is 24.3 Å². The van der Waals surface area contributed by atoms with Gasteiger partial charge in [-0.2, -0.15) is 0 Å². The predicted molar refractivity (Wildman–Crippen MR) is 76.6 cm³/mol. The predicted octanol–water partition coefficient (Wildman–Crippen LogP) is 2.93. The molecule has 0 aromatic heterocycles. The summed E-state index contributed by atoms with van der Waals surface area (Å²) in [5.74, 6) is 0.852. The fourth-order valence-corrected chi connectivity index (χ4v) is 2.08. The molecule has 1 N–H and O–H groups in total. The number of ether oxygens (including phenoxy) is 3.